The van der Waals surface area contributed by atoms with Gasteiger partial charge in [0.25, 0.3) is 0 Å². The predicted molar refractivity (Wildman–Crippen MR) is 328 cm³/mol. The summed E-state index contributed by atoms with van der Waals surface area (Å²) < 4.78 is 6.48. The van der Waals surface area contributed by atoms with Gasteiger partial charge in [0.1, 0.15) is 11.2 Å². The summed E-state index contributed by atoms with van der Waals surface area (Å²) in [5.74, 6) is 0. The summed E-state index contributed by atoms with van der Waals surface area (Å²) in [5.41, 5.74) is 24.1. The quantitative estimate of drug-likeness (QED) is 0.137. The Labute approximate surface area is 459 Å². The van der Waals surface area contributed by atoms with Crippen molar-refractivity contribution in [2.75, 3.05) is 4.90 Å². The average molecular weight is 1010 g/mol. The molecule has 0 aliphatic heterocycles. The van der Waals surface area contributed by atoms with Crippen LogP contribution in [-0.2, 0) is 5.41 Å². The van der Waals surface area contributed by atoms with Crippen molar-refractivity contribution in [3.63, 3.8) is 0 Å². The van der Waals surface area contributed by atoms with E-state index in [0.717, 1.165) is 89.0 Å². The normalized spacial score (nSPS) is 12.4. The van der Waals surface area contributed by atoms with Gasteiger partial charge in [-0.05, 0) is 133 Å². The maximum absolute atomic E-state index is 6.48. The van der Waals surface area contributed by atoms with Crippen molar-refractivity contribution >= 4 is 49.9 Å². The molecule has 2 aromatic heterocycles. The molecule has 0 unspecified atom stereocenters. The van der Waals surface area contributed by atoms with Gasteiger partial charge in [0.15, 0.2) is 0 Å². The largest absolute Gasteiger partial charge is 0.455 e. The lowest BCUT2D eigenvalue weighted by Gasteiger charge is -2.33. The molecule has 15 rings (SSSR count). The Morgan fingerprint density at radius 3 is 1.54 bits per heavy atom. The van der Waals surface area contributed by atoms with Gasteiger partial charge in [0.2, 0.25) is 0 Å². The summed E-state index contributed by atoms with van der Waals surface area (Å²) in [4.78, 5) is 7.79. The molecule has 0 N–H and O–H groups in total. The number of nitrogens with zero attached hydrogens (tertiary/aromatic N) is 2. The molecule has 0 fully saturated rings. The van der Waals surface area contributed by atoms with E-state index in [1.165, 1.54) is 50.1 Å². The molecule has 0 radical (unpaired) electrons. The van der Waals surface area contributed by atoms with Crippen molar-refractivity contribution < 1.29 is 4.42 Å². The van der Waals surface area contributed by atoms with Gasteiger partial charge in [-0.2, -0.15) is 0 Å². The van der Waals surface area contributed by atoms with Gasteiger partial charge in [0.05, 0.1) is 16.6 Å². The maximum Gasteiger partial charge on any atom is 0.143 e. The zero-order chi connectivity index (χ0) is 52.3. The number of rotatable bonds is 10. The first-order valence-corrected chi connectivity index (χ1v) is 27.1. The lowest BCUT2D eigenvalue weighted by Crippen LogP contribution is -2.28. The van der Waals surface area contributed by atoms with Gasteiger partial charge in [-0.25, -0.2) is 4.98 Å². The highest BCUT2D eigenvalue weighted by molar-refractivity contribution is 6.09. The molecule has 0 saturated carbocycles. The van der Waals surface area contributed by atoms with E-state index in [1.807, 2.05) is 12.1 Å². The molecule has 0 atom stereocenters. The van der Waals surface area contributed by atoms with Crippen LogP contribution in [0.2, 0.25) is 0 Å². The molecule has 3 heteroatoms. The summed E-state index contributed by atoms with van der Waals surface area (Å²) in [7, 11) is 0. The number of furan rings is 1. The lowest BCUT2D eigenvalue weighted by atomic mass is 9.67. The standard InChI is InChI=1S/C76H50N2O/c1-4-18-51(19-5-1)52-34-41-61(42-35-52)78(62-43-36-53(37-44-62)64-29-17-30-67-66-28-12-15-33-73(66)79-75(64)67)63-45-38-54(39-46-63)74-68(50-58-20-10-14-32-72(58)77-74)57-22-16-21-55(48-57)56-40-47-71-69(49-56)65-27-11-13-31-70(65)76(71,59-23-6-2-7-24-59)60-25-8-3-9-26-60/h1-50H. The zero-order valence-corrected chi connectivity index (χ0v) is 43.2. The molecule has 0 amide bonds. The van der Waals surface area contributed by atoms with E-state index < -0.39 is 5.41 Å². The van der Waals surface area contributed by atoms with Crippen molar-refractivity contribution in [2.45, 2.75) is 5.41 Å². The van der Waals surface area contributed by atoms with Crippen LogP contribution in [-0.4, -0.2) is 4.98 Å². The summed E-state index contributed by atoms with van der Waals surface area (Å²) >= 11 is 0. The molecule has 3 nitrogen and oxygen atoms in total. The Kier molecular flexibility index (Phi) is 11.1. The fourth-order valence-electron chi connectivity index (χ4n) is 12.5. The first kappa shape index (κ1) is 46.0. The summed E-state index contributed by atoms with van der Waals surface area (Å²) in [5, 5.41) is 3.34. The number of benzene rings is 12. The van der Waals surface area contributed by atoms with Crippen molar-refractivity contribution in [2.24, 2.45) is 0 Å². The van der Waals surface area contributed by atoms with Crippen LogP contribution in [0, 0.1) is 0 Å². The number of aromatic nitrogens is 1. The number of fused-ring (bicyclic) bond motifs is 7. The minimum Gasteiger partial charge on any atom is -0.455 e. The number of para-hydroxylation sites is 3. The highest BCUT2D eigenvalue weighted by Crippen LogP contribution is 2.57. The van der Waals surface area contributed by atoms with Crippen molar-refractivity contribution in [1.29, 1.82) is 0 Å². The highest BCUT2D eigenvalue weighted by Gasteiger charge is 2.46. The minimum absolute atomic E-state index is 0.447. The zero-order valence-electron chi connectivity index (χ0n) is 43.2. The van der Waals surface area contributed by atoms with E-state index in [2.05, 4.69) is 296 Å². The average Bonchev–Trinajstić information content (AvgIpc) is 3.47. The van der Waals surface area contributed by atoms with Gasteiger partial charge >= 0.3 is 0 Å². The molecule has 0 bridgehead atoms. The van der Waals surface area contributed by atoms with Gasteiger partial charge in [-0.3, -0.25) is 0 Å². The molecule has 12 aromatic carbocycles. The third-order valence-corrected chi connectivity index (χ3v) is 16.2. The van der Waals surface area contributed by atoms with Crippen LogP contribution in [0.3, 0.4) is 0 Å². The summed E-state index contributed by atoms with van der Waals surface area (Å²) in [6.45, 7) is 0. The first-order chi connectivity index (χ1) is 39.2. The molecule has 0 spiro atoms. The second-order valence-corrected chi connectivity index (χ2v) is 20.6. The third-order valence-electron chi connectivity index (χ3n) is 16.2. The molecule has 1 aliphatic carbocycles. The summed E-state index contributed by atoms with van der Waals surface area (Å²) in [6, 6.07) is 110. The van der Waals surface area contributed by atoms with E-state index in [9.17, 15) is 0 Å². The maximum atomic E-state index is 6.48. The van der Waals surface area contributed by atoms with Crippen LogP contribution in [0.15, 0.2) is 308 Å². The summed E-state index contributed by atoms with van der Waals surface area (Å²) in [6.07, 6.45) is 0. The SMILES string of the molecule is c1ccc(-c2ccc(N(c3ccc(-c4nc5ccccc5cc4-c4cccc(-c5ccc6c(c5)-c5ccccc5C6(c5ccccc5)c5ccccc5)c4)cc3)c3ccc(-c4cccc5c4oc4ccccc45)cc3)cc2)cc1. The predicted octanol–water partition coefficient (Wildman–Crippen LogP) is 20.3. The number of anilines is 3. The highest BCUT2D eigenvalue weighted by atomic mass is 16.3. The Morgan fingerprint density at radius 2 is 0.810 bits per heavy atom. The lowest BCUT2D eigenvalue weighted by molar-refractivity contribution is 0.670. The molecular formula is C76H50N2O. The Balaban J connectivity index is 0.815. The second-order valence-electron chi connectivity index (χ2n) is 20.6. The molecule has 370 valence electrons. The molecule has 1 aliphatic rings. The monoisotopic (exact) mass is 1010 g/mol. The number of hydrogen-bond acceptors (Lipinski definition) is 3. The van der Waals surface area contributed by atoms with E-state index in [4.69, 9.17) is 9.40 Å². The van der Waals surface area contributed by atoms with Gasteiger partial charge in [0, 0.05) is 49.9 Å². The van der Waals surface area contributed by atoms with Crippen molar-refractivity contribution in [1.82, 2.24) is 4.98 Å². The first-order valence-electron chi connectivity index (χ1n) is 27.1. The van der Waals surface area contributed by atoms with Crippen LogP contribution >= 0.6 is 0 Å². The van der Waals surface area contributed by atoms with Crippen LogP contribution in [0.25, 0.3) is 99.7 Å². The fraction of sp³-hybridized carbons (Fsp3) is 0.0132. The van der Waals surface area contributed by atoms with Gasteiger partial charge in [-0.1, -0.05) is 237 Å². The Morgan fingerprint density at radius 1 is 0.304 bits per heavy atom. The fourth-order valence-corrected chi connectivity index (χ4v) is 12.5. The van der Waals surface area contributed by atoms with Crippen molar-refractivity contribution in [3.05, 3.63) is 326 Å². The molecule has 2 heterocycles. The van der Waals surface area contributed by atoms with Gasteiger partial charge in [-0.15, -0.1) is 0 Å². The van der Waals surface area contributed by atoms with E-state index in [1.54, 1.807) is 0 Å². The van der Waals surface area contributed by atoms with Gasteiger partial charge < -0.3 is 9.32 Å². The van der Waals surface area contributed by atoms with E-state index in [-0.39, 0.29) is 0 Å². The van der Waals surface area contributed by atoms with Crippen LogP contribution < -0.4 is 4.90 Å². The molecule has 14 aromatic rings. The van der Waals surface area contributed by atoms with Crippen LogP contribution in [0.5, 0.6) is 0 Å². The Bertz CT molecular complexity index is 4520. The topological polar surface area (TPSA) is 29.3 Å². The minimum atomic E-state index is -0.447. The van der Waals surface area contributed by atoms with E-state index in [0.29, 0.717) is 0 Å². The molecular weight excluding hydrogens is 957 g/mol. The van der Waals surface area contributed by atoms with Crippen molar-refractivity contribution in [3.8, 4) is 66.9 Å². The van der Waals surface area contributed by atoms with Crippen LogP contribution in [0.4, 0.5) is 17.1 Å². The Hall–Kier alpha value is -10.4. The second kappa shape index (κ2) is 19.0. The van der Waals surface area contributed by atoms with E-state index >= 15 is 0 Å². The third kappa shape index (κ3) is 7.78. The van der Waals surface area contributed by atoms with Crippen LogP contribution in [0.1, 0.15) is 22.3 Å². The smallest absolute Gasteiger partial charge is 0.143 e. The number of pyridine rings is 1. The molecule has 79 heavy (non-hydrogen) atoms. The number of hydrogen-bond donors (Lipinski definition) is 0. The molecule has 0 saturated heterocycles.